The van der Waals surface area contributed by atoms with Crippen molar-refractivity contribution in [2.45, 2.75) is 26.7 Å². The third-order valence-corrected chi connectivity index (χ3v) is 3.37. The molecule has 0 aliphatic rings. The Hall–Kier alpha value is -1.29. The molecular weight excluding hydrogens is 290 g/mol. The van der Waals surface area contributed by atoms with Crippen LogP contribution in [-0.2, 0) is 0 Å². The lowest BCUT2D eigenvalue weighted by molar-refractivity contribution is 0.822. The van der Waals surface area contributed by atoms with Crippen LogP contribution in [0.5, 0.6) is 0 Å². The van der Waals surface area contributed by atoms with Crippen LogP contribution in [0, 0.1) is 6.92 Å². The van der Waals surface area contributed by atoms with Crippen molar-refractivity contribution >= 4 is 21.9 Å². The molecule has 0 radical (unpaired) electrons. The van der Waals surface area contributed by atoms with E-state index in [0.29, 0.717) is 0 Å². The molecule has 1 N–H and O–H groups in total. The number of rotatable bonds is 5. The molecule has 4 heteroatoms. The summed E-state index contributed by atoms with van der Waals surface area (Å²) in [5, 5.41) is 3.37. The number of aryl methyl sites for hydroxylation is 1. The fourth-order valence-electron chi connectivity index (χ4n) is 1.89. The zero-order valence-electron chi connectivity index (χ0n) is 10.8. The molecule has 3 nitrogen and oxygen atoms in total. The Labute approximate surface area is 116 Å². The quantitative estimate of drug-likeness (QED) is 0.841. The maximum absolute atomic E-state index is 4.37. The van der Waals surface area contributed by atoms with Crippen LogP contribution < -0.4 is 5.32 Å². The number of benzene rings is 1. The number of nitrogens with one attached hydrogen (secondary N) is 1. The monoisotopic (exact) mass is 307 g/mol. The van der Waals surface area contributed by atoms with Gasteiger partial charge in [-0.3, -0.25) is 4.57 Å². The Morgan fingerprint density at radius 3 is 2.94 bits per heavy atom. The lowest BCUT2D eigenvalue weighted by Crippen LogP contribution is -2.08. The molecule has 0 fully saturated rings. The Morgan fingerprint density at radius 2 is 2.22 bits per heavy atom. The van der Waals surface area contributed by atoms with Crippen molar-refractivity contribution in [1.29, 1.82) is 0 Å². The number of unbranched alkanes of at least 4 members (excludes halogenated alkanes) is 1. The maximum atomic E-state index is 4.37. The van der Waals surface area contributed by atoms with Crippen molar-refractivity contribution in [2.24, 2.45) is 0 Å². The van der Waals surface area contributed by atoms with Crippen LogP contribution in [0.1, 0.15) is 25.3 Å². The molecule has 0 spiro atoms. The van der Waals surface area contributed by atoms with E-state index >= 15 is 0 Å². The fraction of sp³-hybridized carbons (Fsp3) is 0.357. The van der Waals surface area contributed by atoms with Crippen LogP contribution in [0.2, 0.25) is 0 Å². The summed E-state index contributed by atoms with van der Waals surface area (Å²) in [5.74, 6) is 0.911. The van der Waals surface area contributed by atoms with E-state index in [4.69, 9.17) is 0 Å². The number of nitrogens with zero attached hydrogens (tertiary/aromatic N) is 2. The van der Waals surface area contributed by atoms with E-state index in [2.05, 4.69) is 62.8 Å². The van der Waals surface area contributed by atoms with Crippen molar-refractivity contribution < 1.29 is 0 Å². The van der Waals surface area contributed by atoms with E-state index in [9.17, 15) is 0 Å². The van der Waals surface area contributed by atoms with E-state index < -0.39 is 0 Å². The van der Waals surface area contributed by atoms with Gasteiger partial charge in [0, 0.05) is 23.4 Å². The molecule has 0 aliphatic carbocycles. The average Bonchev–Trinajstić information content (AvgIpc) is 2.78. The van der Waals surface area contributed by atoms with Crippen LogP contribution in [0.15, 0.2) is 35.1 Å². The second-order valence-corrected chi connectivity index (χ2v) is 5.25. The predicted molar refractivity (Wildman–Crippen MR) is 79.4 cm³/mol. The van der Waals surface area contributed by atoms with Crippen molar-refractivity contribution in [2.75, 3.05) is 11.9 Å². The third kappa shape index (κ3) is 2.93. The van der Waals surface area contributed by atoms with E-state index in [0.717, 1.165) is 29.1 Å². The number of halogens is 1. The third-order valence-electron chi connectivity index (χ3n) is 2.87. The molecule has 2 rings (SSSR count). The molecule has 0 bridgehead atoms. The van der Waals surface area contributed by atoms with Gasteiger partial charge < -0.3 is 5.32 Å². The zero-order valence-corrected chi connectivity index (χ0v) is 12.4. The number of aromatic nitrogens is 2. The maximum Gasteiger partial charge on any atom is 0.207 e. The highest BCUT2D eigenvalue weighted by Gasteiger charge is 2.06. The standard InChI is InChI=1S/C14H18BrN3/c1-3-4-7-16-14-17-8-9-18(14)13-6-5-12(15)10-11(13)2/h5-6,8-10H,3-4,7H2,1-2H3,(H,16,17). The molecule has 0 amide bonds. The number of anilines is 1. The van der Waals surface area contributed by atoms with Gasteiger partial charge in [-0.25, -0.2) is 4.98 Å². The Bertz CT molecular complexity index is 520. The van der Waals surface area contributed by atoms with Gasteiger partial charge in [0.05, 0.1) is 5.69 Å². The molecule has 1 aromatic carbocycles. The average molecular weight is 308 g/mol. The highest BCUT2D eigenvalue weighted by molar-refractivity contribution is 9.10. The normalized spacial score (nSPS) is 10.6. The van der Waals surface area contributed by atoms with E-state index in [1.807, 2.05) is 12.4 Å². The molecule has 0 unspecified atom stereocenters. The van der Waals surface area contributed by atoms with Gasteiger partial charge in [-0.05, 0) is 37.1 Å². The molecule has 0 saturated carbocycles. The second-order valence-electron chi connectivity index (χ2n) is 4.33. The smallest absolute Gasteiger partial charge is 0.207 e. The summed E-state index contributed by atoms with van der Waals surface area (Å²) >= 11 is 3.49. The van der Waals surface area contributed by atoms with E-state index in [1.54, 1.807) is 0 Å². The van der Waals surface area contributed by atoms with Gasteiger partial charge in [-0.1, -0.05) is 29.3 Å². The van der Waals surface area contributed by atoms with Crippen LogP contribution in [0.4, 0.5) is 5.95 Å². The molecule has 18 heavy (non-hydrogen) atoms. The summed E-state index contributed by atoms with van der Waals surface area (Å²) in [6.07, 6.45) is 6.16. The van der Waals surface area contributed by atoms with Crippen LogP contribution in [-0.4, -0.2) is 16.1 Å². The highest BCUT2D eigenvalue weighted by Crippen LogP contribution is 2.22. The summed E-state index contributed by atoms with van der Waals surface area (Å²) in [6, 6.07) is 6.27. The lowest BCUT2D eigenvalue weighted by atomic mass is 10.2. The first-order valence-electron chi connectivity index (χ1n) is 6.26. The van der Waals surface area contributed by atoms with Gasteiger partial charge in [0.1, 0.15) is 0 Å². The van der Waals surface area contributed by atoms with Gasteiger partial charge >= 0.3 is 0 Å². The Morgan fingerprint density at radius 1 is 1.39 bits per heavy atom. The topological polar surface area (TPSA) is 29.9 Å². The molecule has 0 atom stereocenters. The minimum atomic E-state index is 0.911. The fourth-order valence-corrected chi connectivity index (χ4v) is 2.37. The van der Waals surface area contributed by atoms with E-state index in [-0.39, 0.29) is 0 Å². The highest BCUT2D eigenvalue weighted by atomic mass is 79.9. The summed E-state index contributed by atoms with van der Waals surface area (Å²) in [7, 11) is 0. The zero-order chi connectivity index (χ0) is 13.0. The molecule has 0 saturated heterocycles. The van der Waals surface area contributed by atoms with Crippen molar-refractivity contribution in [1.82, 2.24) is 9.55 Å². The lowest BCUT2D eigenvalue weighted by Gasteiger charge is -2.12. The SMILES string of the molecule is CCCCNc1nccn1-c1ccc(Br)cc1C. The Kier molecular flexibility index (Phi) is 4.42. The molecule has 96 valence electrons. The van der Waals surface area contributed by atoms with Gasteiger partial charge in [-0.2, -0.15) is 0 Å². The summed E-state index contributed by atoms with van der Waals surface area (Å²) < 4.78 is 3.20. The van der Waals surface area contributed by atoms with Gasteiger partial charge in [-0.15, -0.1) is 0 Å². The predicted octanol–water partition coefficient (Wildman–Crippen LogP) is 4.16. The largest absolute Gasteiger partial charge is 0.355 e. The summed E-state index contributed by atoms with van der Waals surface area (Å²) in [6.45, 7) is 5.26. The minimum Gasteiger partial charge on any atom is -0.355 e. The number of hydrogen-bond donors (Lipinski definition) is 1. The first-order valence-corrected chi connectivity index (χ1v) is 7.05. The molecule has 1 heterocycles. The number of hydrogen-bond acceptors (Lipinski definition) is 2. The molecular formula is C14H18BrN3. The minimum absolute atomic E-state index is 0.911. The Balaban J connectivity index is 2.25. The van der Waals surface area contributed by atoms with Gasteiger partial charge in [0.15, 0.2) is 0 Å². The van der Waals surface area contributed by atoms with Crippen molar-refractivity contribution in [3.05, 3.63) is 40.6 Å². The molecule has 0 aliphatic heterocycles. The second kappa shape index (κ2) is 6.05. The van der Waals surface area contributed by atoms with Crippen LogP contribution in [0.25, 0.3) is 5.69 Å². The van der Waals surface area contributed by atoms with Crippen molar-refractivity contribution in [3.63, 3.8) is 0 Å². The first-order chi connectivity index (χ1) is 8.72. The summed E-state index contributed by atoms with van der Waals surface area (Å²) in [4.78, 5) is 4.37. The van der Waals surface area contributed by atoms with Crippen LogP contribution in [0.3, 0.4) is 0 Å². The molecule has 1 aromatic heterocycles. The summed E-state index contributed by atoms with van der Waals surface area (Å²) in [5.41, 5.74) is 2.38. The number of imidazole rings is 1. The van der Waals surface area contributed by atoms with Crippen LogP contribution >= 0.6 is 15.9 Å². The first kappa shape index (κ1) is 13.1. The molecule has 2 aromatic rings. The van der Waals surface area contributed by atoms with Gasteiger partial charge in [0.25, 0.3) is 0 Å². The van der Waals surface area contributed by atoms with E-state index in [1.165, 1.54) is 12.0 Å². The van der Waals surface area contributed by atoms with Gasteiger partial charge in [0.2, 0.25) is 5.95 Å². The van der Waals surface area contributed by atoms with Crippen molar-refractivity contribution in [3.8, 4) is 5.69 Å².